The zero-order valence-corrected chi connectivity index (χ0v) is 13.3. The van der Waals surface area contributed by atoms with Gasteiger partial charge in [0.25, 0.3) is 0 Å². The summed E-state index contributed by atoms with van der Waals surface area (Å²) in [6, 6.07) is 14.3. The summed E-state index contributed by atoms with van der Waals surface area (Å²) >= 11 is 1.41. The minimum Gasteiger partial charge on any atom is -0.478 e. The highest BCUT2D eigenvalue weighted by Crippen LogP contribution is 2.17. The Kier molecular flexibility index (Phi) is 5.94. The van der Waals surface area contributed by atoms with Crippen LogP contribution >= 0.6 is 11.8 Å². The van der Waals surface area contributed by atoms with E-state index in [1.54, 1.807) is 18.2 Å². The van der Waals surface area contributed by atoms with Gasteiger partial charge in [-0.25, -0.2) is 10.2 Å². The van der Waals surface area contributed by atoms with Gasteiger partial charge in [0.1, 0.15) is 0 Å². The summed E-state index contributed by atoms with van der Waals surface area (Å²) in [7, 11) is 0. The molecule has 0 aliphatic rings. The number of aryl methyl sites for hydroxylation is 1. The molecule has 0 aliphatic heterocycles. The zero-order chi connectivity index (χ0) is 16.7. The first-order valence-corrected chi connectivity index (χ1v) is 7.88. The standard InChI is InChI=1S/C17H16N2O3S/c1-12-6-8-14(9-7-12)23-11-16(20)19-18-10-13-4-2-3-5-15(13)17(21)22/h2-10H,11H2,1H3,(H,19,20)(H,21,22)/b18-10+. The minimum absolute atomic E-state index is 0.138. The molecule has 0 unspecified atom stereocenters. The molecule has 0 saturated heterocycles. The number of hydrogen-bond donors (Lipinski definition) is 2. The maximum atomic E-state index is 11.7. The fourth-order valence-electron chi connectivity index (χ4n) is 1.79. The first-order valence-electron chi connectivity index (χ1n) is 6.90. The zero-order valence-electron chi connectivity index (χ0n) is 12.5. The summed E-state index contributed by atoms with van der Waals surface area (Å²) in [5, 5.41) is 12.9. The van der Waals surface area contributed by atoms with Crippen LogP contribution in [0.25, 0.3) is 0 Å². The van der Waals surface area contributed by atoms with Gasteiger partial charge >= 0.3 is 5.97 Å². The Morgan fingerprint density at radius 3 is 2.57 bits per heavy atom. The molecule has 1 amide bonds. The number of thioether (sulfide) groups is 1. The Hall–Kier alpha value is -2.60. The molecular formula is C17H16N2O3S. The highest BCUT2D eigenvalue weighted by molar-refractivity contribution is 8.00. The smallest absolute Gasteiger partial charge is 0.336 e. The second-order valence-electron chi connectivity index (χ2n) is 4.79. The highest BCUT2D eigenvalue weighted by Gasteiger charge is 2.07. The fraction of sp³-hybridized carbons (Fsp3) is 0.118. The molecule has 0 bridgehead atoms. The van der Waals surface area contributed by atoms with E-state index in [9.17, 15) is 9.59 Å². The van der Waals surface area contributed by atoms with Crippen LogP contribution in [-0.4, -0.2) is 29.0 Å². The van der Waals surface area contributed by atoms with Gasteiger partial charge in [-0.3, -0.25) is 4.79 Å². The normalized spacial score (nSPS) is 10.7. The summed E-state index contributed by atoms with van der Waals surface area (Å²) < 4.78 is 0. The molecule has 23 heavy (non-hydrogen) atoms. The summed E-state index contributed by atoms with van der Waals surface area (Å²) in [5.74, 6) is -1.05. The highest BCUT2D eigenvalue weighted by atomic mass is 32.2. The average Bonchev–Trinajstić information content (AvgIpc) is 2.54. The maximum Gasteiger partial charge on any atom is 0.336 e. The van der Waals surface area contributed by atoms with Gasteiger partial charge in [0.05, 0.1) is 17.5 Å². The predicted octanol–water partition coefficient (Wildman–Crippen LogP) is 2.94. The number of nitrogens with zero attached hydrogens (tertiary/aromatic N) is 1. The van der Waals surface area contributed by atoms with E-state index in [2.05, 4.69) is 10.5 Å². The van der Waals surface area contributed by atoms with Crippen molar-refractivity contribution in [3.8, 4) is 0 Å². The molecule has 0 radical (unpaired) electrons. The van der Waals surface area contributed by atoms with Crippen molar-refractivity contribution in [2.24, 2.45) is 5.10 Å². The van der Waals surface area contributed by atoms with E-state index in [1.807, 2.05) is 31.2 Å². The van der Waals surface area contributed by atoms with Gasteiger partial charge in [-0.15, -0.1) is 11.8 Å². The molecule has 2 aromatic rings. The molecule has 118 valence electrons. The molecule has 6 heteroatoms. The van der Waals surface area contributed by atoms with Crippen LogP contribution in [0, 0.1) is 6.92 Å². The van der Waals surface area contributed by atoms with E-state index in [1.165, 1.54) is 29.6 Å². The molecule has 0 aliphatic carbocycles. The van der Waals surface area contributed by atoms with Crippen LogP contribution in [0.1, 0.15) is 21.5 Å². The van der Waals surface area contributed by atoms with Crippen LogP contribution in [0.2, 0.25) is 0 Å². The number of aromatic carboxylic acids is 1. The third-order valence-corrected chi connectivity index (χ3v) is 3.99. The number of carboxylic acids is 1. The second-order valence-corrected chi connectivity index (χ2v) is 5.84. The molecule has 0 atom stereocenters. The lowest BCUT2D eigenvalue weighted by Gasteiger charge is -2.02. The number of amides is 1. The van der Waals surface area contributed by atoms with Crippen molar-refractivity contribution < 1.29 is 14.7 Å². The SMILES string of the molecule is Cc1ccc(SCC(=O)N/N=C/c2ccccc2C(=O)O)cc1. The molecular weight excluding hydrogens is 312 g/mol. The van der Waals surface area contributed by atoms with Gasteiger partial charge < -0.3 is 5.11 Å². The van der Waals surface area contributed by atoms with Gasteiger partial charge in [0, 0.05) is 10.5 Å². The van der Waals surface area contributed by atoms with Crippen LogP contribution in [0.5, 0.6) is 0 Å². The topological polar surface area (TPSA) is 78.8 Å². The van der Waals surface area contributed by atoms with Crippen LogP contribution < -0.4 is 5.43 Å². The number of nitrogens with one attached hydrogen (secondary N) is 1. The van der Waals surface area contributed by atoms with Gasteiger partial charge in [0.15, 0.2) is 0 Å². The lowest BCUT2D eigenvalue weighted by atomic mass is 10.1. The number of hydrogen-bond acceptors (Lipinski definition) is 4. The molecule has 0 heterocycles. The maximum absolute atomic E-state index is 11.7. The van der Waals surface area contributed by atoms with Crippen molar-refractivity contribution in [1.29, 1.82) is 0 Å². The molecule has 2 rings (SSSR count). The van der Waals surface area contributed by atoms with Crippen molar-refractivity contribution in [1.82, 2.24) is 5.43 Å². The molecule has 2 aromatic carbocycles. The summed E-state index contributed by atoms with van der Waals surface area (Å²) in [6.07, 6.45) is 1.33. The van der Waals surface area contributed by atoms with E-state index in [0.717, 1.165) is 4.90 Å². The van der Waals surface area contributed by atoms with E-state index in [-0.39, 0.29) is 17.2 Å². The van der Waals surface area contributed by atoms with Crippen molar-refractivity contribution >= 4 is 29.9 Å². The number of carboxylic acid groups (broad SMARTS) is 1. The van der Waals surface area contributed by atoms with Gasteiger partial charge in [0.2, 0.25) is 5.91 Å². The monoisotopic (exact) mass is 328 g/mol. The van der Waals surface area contributed by atoms with Crippen LogP contribution in [-0.2, 0) is 4.79 Å². The number of benzene rings is 2. The summed E-state index contributed by atoms with van der Waals surface area (Å²) in [4.78, 5) is 23.8. The Labute approximate surface area is 138 Å². The summed E-state index contributed by atoms with van der Waals surface area (Å²) in [6.45, 7) is 2.00. The van der Waals surface area contributed by atoms with Crippen molar-refractivity contribution in [3.05, 3.63) is 65.2 Å². The Morgan fingerprint density at radius 1 is 1.17 bits per heavy atom. The second kappa shape index (κ2) is 8.14. The predicted molar refractivity (Wildman–Crippen MR) is 91.0 cm³/mol. The quantitative estimate of drug-likeness (QED) is 0.485. The van der Waals surface area contributed by atoms with Crippen LogP contribution in [0.15, 0.2) is 58.5 Å². The van der Waals surface area contributed by atoms with Gasteiger partial charge in [-0.1, -0.05) is 35.9 Å². The van der Waals surface area contributed by atoms with E-state index < -0.39 is 5.97 Å². The van der Waals surface area contributed by atoms with E-state index in [0.29, 0.717) is 5.56 Å². The van der Waals surface area contributed by atoms with E-state index >= 15 is 0 Å². The third-order valence-electron chi connectivity index (χ3n) is 2.97. The number of carbonyl (C=O) groups excluding carboxylic acids is 1. The minimum atomic E-state index is -1.03. The number of hydrazone groups is 1. The third kappa shape index (κ3) is 5.27. The van der Waals surface area contributed by atoms with Crippen molar-refractivity contribution in [3.63, 3.8) is 0 Å². The van der Waals surface area contributed by atoms with Crippen LogP contribution in [0.3, 0.4) is 0 Å². The Balaban J connectivity index is 1.87. The van der Waals surface area contributed by atoms with Gasteiger partial charge in [-0.2, -0.15) is 5.10 Å². The van der Waals surface area contributed by atoms with E-state index in [4.69, 9.17) is 5.11 Å². The van der Waals surface area contributed by atoms with Crippen molar-refractivity contribution in [2.75, 3.05) is 5.75 Å². The fourth-order valence-corrected chi connectivity index (χ4v) is 2.48. The average molecular weight is 328 g/mol. The van der Waals surface area contributed by atoms with Crippen LogP contribution in [0.4, 0.5) is 0 Å². The number of carbonyl (C=O) groups is 2. The summed E-state index contributed by atoms with van der Waals surface area (Å²) in [5.41, 5.74) is 4.14. The largest absolute Gasteiger partial charge is 0.478 e. The molecule has 0 aromatic heterocycles. The van der Waals surface area contributed by atoms with Gasteiger partial charge in [-0.05, 0) is 25.1 Å². The first-order chi connectivity index (χ1) is 11.1. The molecule has 2 N–H and O–H groups in total. The molecule has 0 saturated carbocycles. The lowest BCUT2D eigenvalue weighted by Crippen LogP contribution is -2.19. The molecule has 5 nitrogen and oxygen atoms in total. The van der Waals surface area contributed by atoms with Crippen molar-refractivity contribution in [2.45, 2.75) is 11.8 Å². The number of rotatable bonds is 6. The lowest BCUT2D eigenvalue weighted by molar-refractivity contribution is -0.118. The Bertz CT molecular complexity index is 727. The molecule has 0 fully saturated rings. The Morgan fingerprint density at radius 2 is 1.87 bits per heavy atom. The molecule has 0 spiro atoms. The first kappa shape index (κ1) is 16.8.